The van der Waals surface area contributed by atoms with Gasteiger partial charge in [0.05, 0.1) is 4.90 Å². The highest BCUT2D eigenvalue weighted by Crippen LogP contribution is 2.31. The van der Waals surface area contributed by atoms with Crippen LogP contribution in [0.5, 0.6) is 11.5 Å². The summed E-state index contributed by atoms with van der Waals surface area (Å²) in [6.07, 6.45) is 2.07. The molecule has 2 aliphatic rings. The van der Waals surface area contributed by atoms with Crippen LogP contribution in [0.4, 0.5) is 5.69 Å². The van der Waals surface area contributed by atoms with Gasteiger partial charge in [-0.2, -0.15) is 4.31 Å². The number of carbonyl (C=O) groups is 1. The first-order valence-corrected chi connectivity index (χ1v) is 10.8. The number of sulfonamides is 1. The average Bonchev–Trinajstić information content (AvgIpc) is 2.74. The molecule has 1 fully saturated rings. The lowest BCUT2D eigenvalue weighted by atomic mass is 10.2. The zero-order valence-electron chi connectivity index (χ0n) is 15.3. The molecule has 2 heterocycles. The molecule has 1 saturated heterocycles. The third-order valence-electron chi connectivity index (χ3n) is 4.88. The second-order valence-corrected chi connectivity index (χ2v) is 8.78. The van der Waals surface area contributed by atoms with E-state index in [1.54, 1.807) is 24.3 Å². The number of carbonyl (C=O) groups excluding carboxylic acids is 1. The van der Waals surface area contributed by atoms with E-state index in [1.165, 1.54) is 16.4 Å². The van der Waals surface area contributed by atoms with E-state index in [0.29, 0.717) is 30.3 Å². The smallest absolute Gasteiger partial charge is 0.269 e. The molecule has 0 aromatic heterocycles. The van der Waals surface area contributed by atoms with Crippen molar-refractivity contribution < 1.29 is 22.7 Å². The van der Waals surface area contributed by atoms with Gasteiger partial charge in [0.25, 0.3) is 5.91 Å². The lowest BCUT2D eigenvalue weighted by Crippen LogP contribution is -2.40. The van der Waals surface area contributed by atoms with Crippen molar-refractivity contribution in [1.82, 2.24) is 4.31 Å². The van der Waals surface area contributed by atoms with Crippen molar-refractivity contribution in [3.05, 3.63) is 48.5 Å². The largest absolute Gasteiger partial charge is 0.485 e. The van der Waals surface area contributed by atoms with Gasteiger partial charge < -0.3 is 14.8 Å². The van der Waals surface area contributed by atoms with E-state index in [0.717, 1.165) is 19.3 Å². The number of ether oxygens (including phenoxy) is 2. The summed E-state index contributed by atoms with van der Waals surface area (Å²) in [6, 6.07) is 13.4. The van der Waals surface area contributed by atoms with Gasteiger partial charge in [-0.15, -0.1) is 0 Å². The Bertz CT molecular complexity index is 953. The minimum absolute atomic E-state index is 0.115. The highest BCUT2D eigenvalue weighted by Gasteiger charge is 2.28. The second kappa shape index (κ2) is 7.81. The molecule has 4 rings (SSSR count). The molecule has 1 N–H and O–H groups in total. The number of para-hydroxylation sites is 2. The van der Waals surface area contributed by atoms with Crippen molar-refractivity contribution in [3.8, 4) is 11.5 Å². The van der Waals surface area contributed by atoms with E-state index in [1.807, 2.05) is 12.1 Å². The van der Waals surface area contributed by atoms with Gasteiger partial charge in [-0.25, -0.2) is 8.42 Å². The fraction of sp³-hybridized carbons (Fsp3) is 0.350. The summed E-state index contributed by atoms with van der Waals surface area (Å²) < 4.78 is 38.1. The number of fused-ring (bicyclic) bond motifs is 1. The summed E-state index contributed by atoms with van der Waals surface area (Å²) in [4.78, 5) is 12.7. The van der Waals surface area contributed by atoms with E-state index < -0.39 is 16.1 Å². The van der Waals surface area contributed by atoms with Crippen LogP contribution >= 0.6 is 0 Å². The highest BCUT2D eigenvalue weighted by molar-refractivity contribution is 7.89. The van der Waals surface area contributed by atoms with Crippen LogP contribution in [-0.2, 0) is 14.8 Å². The van der Waals surface area contributed by atoms with E-state index in [4.69, 9.17) is 9.47 Å². The zero-order valence-corrected chi connectivity index (χ0v) is 16.2. The quantitative estimate of drug-likeness (QED) is 0.850. The molecule has 28 heavy (non-hydrogen) atoms. The summed E-state index contributed by atoms with van der Waals surface area (Å²) >= 11 is 0. The number of hydrogen-bond donors (Lipinski definition) is 1. The lowest BCUT2D eigenvalue weighted by molar-refractivity contribution is -0.125. The molecule has 1 atom stereocenters. The van der Waals surface area contributed by atoms with Crippen LogP contribution in [0.3, 0.4) is 0 Å². The SMILES string of the molecule is O=C(Nc1ccc(S(=O)(=O)N2CCCCC2)cc1)[C@@H]1COc2ccccc2O1. The lowest BCUT2D eigenvalue weighted by Gasteiger charge is -2.26. The van der Waals surface area contributed by atoms with Crippen molar-refractivity contribution in [2.24, 2.45) is 0 Å². The molecule has 8 heteroatoms. The molecule has 1 amide bonds. The Balaban J connectivity index is 1.41. The Morgan fingerprint density at radius 3 is 2.36 bits per heavy atom. The standard InChI is InChI=1S/C20H22N2O5S/c23-20(19-14-26-17-6-2-3-7-18(17)27-19)21-15-8-10-16(11-9-15)28(24,25)22-12-4-1-5-13-22/h2-3,6-11,19H,1,4-5,12-14H2,(H,21,23)/t19-/m0/s1. The zero-order chi connectivity index (χ0) is 19.6. The van der Waals surface area contributed by atoms with Crippen LogP contribution in [-0.4, -0.2) is 44.4 Å². The van der Waals surface area contributed by atoms with Crippen molar-refractivity contribution in [3.63, 3.8) is 0 Å². The molecule has 7 nitrogen and oxygen atoms in total. The van der Waals surface area contributed by atoms with E-state index in [2.05, 4.69) is 5.32 Å². The first-order valence-electron chi connectivity index (χ1n) is 9.33. The molecule has 2 aromatic rings. The van der Waals surface area contributed by atoms with Gasteiger partial charge in [0.2, 0.25) is 16.1 Å². The number of benzene rings is 2. The molecular weight excluding hydrogens is 380 g/mol. The summed E-state index contributed by atoms with van der Waals surface area (Å²) in [5.41, 5.74) is 0.505. The highest BCUT2D eigenvalue weighted by atomic mass is 32.2. The Kier molecular flexibility index (Phi) is 5.23. The van der Waals surface area contributed by atoms with Crippen LogP contribution in [0.25, 0.3) is 0 Å². The van der Waals surface area contributed by atoms with Gasteiger partial charge in [0, 0.05) is 18.8 Å². The van der Waals surface area contributed by atoms with Gasteiger partial charge in [-0.1, -0.05) is 18.6 Å². The maximum absolute atomic E-state index is 12.7. The minimum Gasteiger partial charge on any atom is -0.485 e. The fourth-order valence-corrected chi connectivity index (χ4v) is 4.85. The molecule has 2 aliphatic heterocycles. The third-order valence-corrected chi connectivity index (χ3v) is 6.79. The van der Waals surface area contributed by atoms with Crippen LogP contribution in [0.2, 0.25) is 0 Å². The minimum atomic E-state index is -3.49. The molecule has 0 saturated carbocycles. The predicted molar refractivity (Wildman–Crippen MR) is 104 cm³/mol. The van der Waals surface area contributed by atoms with E-state index >= 15 is 0 Å². The molecular formula is C20H22N2O5S. The Morgan fingerprint density at radius 2 is 1.64 bits per heavy atom. The number of anilines is 1. The number of nitrogens with zero attached hydrogens (tertiary/aromatic N) is 1. The summed E-state index contributed by atoms with van der Waals surface area (Å²) in [6.45, 7) is 1.23. The van der Waals surface area contributed by atoms with Gasteiger partial charge in [0.15, 0.2) is 11.5 Å². The molecule has 2 aromatic carbocycles. The molecule has 0 unspecified atom stereocenters. The Hall–Kier alpha value is -2.58. The van der Waals surface area contributed by atoms with E-state index in [-0.39, 0.29) is 17.4 Å². The number of amides is 1. The van der Waals surface area contributed by atoms with Gasteiger partial charge in [-0.05, 0) is 49.2 Å². The van der Waals surface area contributed by atoms with Crippen LogP contribution in [0.1, 0.15) is 19.3 Å². The molecule has 148 valence electrons. The normalized spacial score (nSPS) is 19.8. The summed E-state index contributed by atoms with van der Waals surface area (Å²) in [7, 11) is -3.49. The van der Waals surface area contributed by atoms with Crippen LogP contribution in [0.15, 0.2) is 53.4 Å². The third kappa shape index (κ3) is 3.83. The van der Waals surface area contributed by atoms with Crippen molar-refractivity contribution in [2.75, 3.05) is 25.0 Å². The number of nitrogens with one attached hydrogen (secondary N) is 1. The van der Waals surface area contributed by atoms with Crippen molar-refractivity contribution in [2.45, 2.75) is 30.3 Å². The van der Waals surface area contributed by atoms with Crippen molar-refractivity contribution >= 4 is 21.6 Å². The molecule has 0 aliphatic carbocycles. The van der Waals surface area contributed by atoms with Gasteiger partial charge in [-0.3, -0.25) is 4.79 Å². The van der Waals surface area contributed by atoms with Gasteiger partial charge >= 0.3 is 0 Å². The summed E-state index contributed by atoms with van der Waals surface area (Å²) in [5, 5.41) is 2.75. The van der Waals surface area contributed by atoms with Crippen molar-refractivity contribution in [1.29, 1.82) is 0 Å². The monoisotopic (exact) mass is 402 g/mol. The molecule has 0 bridgehead atoms. The number of hydrogen-bond acceptors (Lipinski definition) is 5. The van der Waals surface area contributed by atoms with Crippen LogP contribution < -0.4 is 14.8 Å². The maximum Gasteiger partial charge on any atom is 0.269 e. The van der Waals surface area contributed by atoms with Crippen LogP contribution in [0, 0.1) is 0 Å². The average molecular weight is 402 g/mol. The maximum atomic E-state index is 12.7. The Morgan fingerprint density at radius 1 is 0.964 bits per heavy atom. The topological polar surface area (TPSA) is 84.9 Å². The van der Waals surface area contributed by atoms with Gasteiger partial charge in [0.1, 0.15) is 6.61 Å². The first-order chi connectivity index (χ1) is 13.5. The summed E-state index contributed by atoms with van der Waals surface area (Å²) in [5.74, 6) is 0.789. The molecule has 0 spiro atoms. The van der Waals surface area contributed by atoms with E-state index in [9.17, 15) is 13.2 Å². The fourth-order valence-electron chi connectivity index (χ4n) is 3.34. The predicted octanol–water partition coefficient (Wildman–Crippen LogP) is 2.64. The number of rotatable bonds is 4. The second-order valence-electron chi connectivity index (χ2n) is 6.84. The first kappa shape index (κ1) is 18.8. The number of piperidine rings is 1. The Labute approximate surface area is 164 Å². The molecule has 0 radical (unpaired) electrons.